The van der Waals surface area contributed by atoms with Crippen molar-refractivity contribution in [3.63, 3.8) is 0 Å². The van der Waals surface area contributed by atoms with Crippen molar-refractivity contribution in [2.24, 2.45) is 0 Å². The highest BCUT2D eigenvalue weighted by Gasteiger charge is 1.98. The molecule has 0 atom stereocenters. The molecule has 16 heavy (non-hydrogen) atoms. The van der Waals surface area contributed by atoms with Gasteiger partial charge in [0.1, 0.15) is 12.0 Å². The smallest absolute Gasteiger partial charge is 0.217 e. The average molecular weight is 219 g/mol. The Balaban J connectivity index is 2.71. The molecule has 0 bridgehead atoms. The molecule has 0 aromatic heterocycles. The van der Waals surface area contributed by atoms with Gasteiger partial charge < -0.3 is 10.4 Å². The summed E-state index contributed by atoms with van der Waals surface area (Å²) < 4.78 is 0. The summed E-state index contributed by atoms with van der Waals surface area (Å²) in [6, 6.07) is 4.57. The van der Waals surface area contributed by atoms with Crippen molar-refractivity contribution in [3.05, 3.63) is 35.4 Å². The number of carbonyl (C=O) groups is 2. The summed E-state index contributed by atoms with van der Waals surface area (Å²) in [5, 5.41) is 12.1. The predicted octanol–water partition coefficient (Wildman–Crippen LogP) is 1.35. The maximum absolute atomic E-state index is 10.6. The molecule has 0 heterocycles. The van der Waals surface area contributed by atoms with Crippen molar-refractivity contribution in [3.8, 4) is 5.75 Å². The number of carbonyl (C=O) groups excluding carboxylic acids is 2. The van der Waals surface area contributed by atoms with Gasteiger partial charge in [-0.3, -0.25) is 9.59 Å². The molecule has 1 aromatic rings. The molecule has 1 rings (SSSR count). The van der Waals surface area contributed by atoms with Gasteiger partial charge >= 0.3 is 0 Å². The highest BCUT2D eigenvalue weighted by molar-refractivity contribution is 5.77. The lowest BCUT2D eigenvalue weighted by Crippen LogP contribution is -2.19. The van der Waals surface area contributed by atoms with E-state index in [1.54, 1.807) is 18.2 Å². The van der Waals surface area contributed by atoms with Gasteiger partial charge in [-0.2, -0.15) is 0 Å². The Bertz CT molecular complexity index is 424. The Morgan fingerprint density at radius 1 is 1.50 bits per heavy atom. The number of aromatic hydroxyl groups is 1. The standard InChI is InChI=1S/C12H13NO3/c1-9(15)13-6-2-3-11-7-10(8-14)4-5-12(11)16/h2-5,7-8,16H,6H2,1H3,(H,13,15). The molecule has 0 aliphatic rings. The summed E-state index contributed by atoms with van der Waals surface area (Å²) in [5.74, 6) is -0.0137. The molecule has 0 aliphatic heterocycles. The van der Waals surface area contributed by atoms with Crippen molar-refractivity contribution in [1.29, 1.82) is 0 Å². The molecule has 0 aliphatic carbocycles. The van der Waals surface area contributed by atoms with E-state index in [-0.39, 0.29) is 11.7 Å². The Morgan fingerprint density at radius 3 is 2.88 bits per heavy atom. The van der Waals surface area contributed by atoms with Crippen LogP contribution in [0, 0.1) is 0 Å². The molecule has 1 aromatic carbocycles. The number of hydrogen-bond donors (Lipinski definition) is 2. The molecular formula is C12H13NO3. The van der Waals surface area contributed by atoms with E-state index >= 15 is 0 Å². The highest BCUT2D eigenvalue weighted by Crippen LogP contribution is 2.18. The third kappa shape index (κ3) is 3.57. The maximum Gasteiger partial charge on any atom is 0.217 e. The first-order valence-corrected chi connectivity index (χ1v) is 4.82. The van der Waals surface area contributed by atoms with Crippen LogP contribution < -0.4 is 5.32 Å². The van der Waals surface area contributed by atoms with Gasteiger partial charge in [-0.15, -0.1) is 0 Å². The molecule has 1 amide bonds. The van der Waals surface area contributed by atoms with Crippen LogP contribution in [-0.4, -0.2) is 23.8 Å². The minimum atomic E-state index is -0.115. The van der Waals surface area contributed by atoms with E-state index < -0.39 is 0 Å². The van der Waals surface area contributed by atoms with Crippen LogP contribution >= 0.6 is 0 Å². The fourth-order valence-corrected chi connectivity index (χ4v) is 1.17. The van der Waals surface area contributed by atoms with Gasteiger partial charge in [-0.1, -0.05) is 12.2 Å². The van der Waals surface area contributed by atoms with Gasteiger partial charge in [-0.05, 0) is 18.2 Å². The number of nitrogens with one attached hydrogen (secondary N) is 1. The van der Waals surface area contributed by atoms with Crippen molar-refractivity contribution in [1.82, 2.24) is 5.32 Å². The summed E-state index contributed by atoms with van der Waals surface area (Å²) in [7, 11) is 0. The molecular weight excluding hydrogens is 206 g/mol. The summed E-state index contributed by atoms with van der Waals surface area (Å²) in [6.07, 6.45) is 4.06. The number of benzene rings is 1. The molecule has 84 valence electrons. The number of amides is 1. The second-order valence-electron chi connectivity index (χ2n) is 3.28. The van der Waals surface area contributed by atoms with Gasteiger partial charge in [0.05, 0.1) is 0 Å². The van der Waals surface area contributed by atoms with E-state index in [4.69, 9.17) is 0 Å². The zero-order chi connectivity index (χ0) is 12.0. The summed E-state index contributed by atoms with van der Waals surface area (Å²) in [6.45, 7) is 1.82. The van der Waals surface area contributed by atoms with Gasteiger partial charge in [-0.25, -0.2) is 0 Å². The summed E-state index contributed by atoms with van der Waals surface area (Å²) >= 11 is 0. The molecule has 0 radical (unpaired) electrons. The Labute approximate surface area is 93.6 Å². The quantitative estimate of drug-likeness (QED) is 0.751. The van der Waals surface area contributed by atoms with E-state index in [2.05, 4.69) is 5.32 Å². The first-order valence-electron chi connectivity index (χ1n) is 4.82. The third-order valence-corrected chi connectivity index (χ3v) is 1.95. The molecule has 0 fully saturated rings. The number of hydrogen-bond acceptors (Lipinski definition) is 3. The lowest BCUT2D eigenvalue weighted by atomic mass is 10.1. The first-order chi connectivity index (χ1) is 7.63. The first kappa shape index (κ1) is 12.0. The van der Waals surface area contributed by atoms with Crippen LogP contribution in [0.1, 0.15) is 22.8 Å². The normalized spacial score (nSPS) is 10.3. The fraction of sp³-hybridized carbons (Fsp3) is 0.167. The van der Waals surface area contributed by atoms with Crippen molar-refractivity contribution in [2.75, 3.05) is 6.54 Å². The monoisotopic (exact) mass is 219 g/mol. The van der Waals surface area contributed by atoms with Crippen LogP contribution in [0.5, 0.6) is 5.75 Å². The van der Waals surface area contributed by atoms with E-state index in [0.29, 0.717) is 24.0 Å². The molecule has 0 unspecified atom stereocenters. The van der Waals surface area contributed by atoms with Gasteiger partial charge in [0, 0.05) is 24.6 Å². The molecule has 0 saturated carbocycles. The maximum atomic E-state index is 10.6. The third-order valence-electron chi connectivity index (χ3n) is 1.95. The number of aldehydes is 1. The summed E-state index contributed by atoms with van der Waals surface area (Å²) in [4.78, 5) is 21.1. The minimum Gasteiger partial charge on any atom is -0.507 e. The Hall–Kier alpha value is -2.10. The van der Waals surface area contributed by atoms with Crippen LogP contribution in [0.3, 0.4) is 0 Å². The Morgan fingerprint density at radius 2 is 2.25 bits per heavy atom. The highest BCUT2D eigenvalue weighted by atomic mass is 16.3. The van der Waals surface area contributed by atoms with Crippen LogP contribution in [0.2, 0.25) is 0 Å². The van der Waals surface area contributed by atoms with Crippen molar-refractivity contribution in [2.45, 2.75) is 6.92 Å². The number of phenolic OH excluding ortho intramolecular Hbond substituents is 1. The fourth-order valence-electron chi connectivity index (χ4n) is 1.17. The second kappa shape index (κ2) is 5.70. The Kier molecular flexibility index (Phi) is 4.27. The zero-order valence-electron chi connectivity index (χ0n) is 8.93. The van der Waals surface area contributed by atoms with Gasteiger partial charge in [0.15, 0.2) is 0 Å². The number of rotatable bonds is 4. The topological polar surface area (TPSA) is 66.4 Å². The lowest BCUT2D eigenvalue weighted by molar-refractivity contribution is -0.118. The van der Waals surface area contributed by atoms with E-state index in [1.807, 2.05) is 0 Å². The lowest BCUT2D eigenvalue weighted by Gasteiger charge is -2.00. The van der Waals surface area contributed by atoms with Gasteiger partial charge in [0.25, 0.3) is 0 Å². The van der Waals surface area contributed by atoms with E-state index in [0.717, 1.165) is 0 Å². The van der Waals surface area contributed by atoms with Crippen LogP contribution in [0.4, 0.5) is 0 Å². The molecule has 4 heteroatoms. The SMILES string of the molecule is CC(=O)NCC=Cc1cc(C=O)ccc1O. The molecule has 0 spiro atoms. The van der Waals surface area contributed by atoms with E-state index in [9.17, 15) is 14.7 Å². The van der Waals surface area contributed by atoms with Crippen molar-refractivity contribution < 1.29 is 14.7 Å². The van der Waals surface area contributed by atoms with Crippen LogP contribution in [0.25, 0.3) is 6.08 Å². The summed E-state index contributed by atoms with van der Waals surface area (Å²) in [5.41, 5.74) is 1.05. The molecule has 0 saturated heterocycles. The molecule has 2 N–H and O–H groups in total. The van der Waals surface area contributed by atoms with Crippen molar-refractivity contribution >= 4 is 18.3 Å². The van der Waals surface area contributed by atoms with Crippen LogP contribution in [-0.2, 0) is 4.79 Å². The zero-order valence-corrected chi connectivity index (χ0v) is 8.93. The van der Waals surface area contributed by atoms with Gasteiger partial charge in [0.2, 0.25) is 5.91 Å². The predicted molar refractivity (Wildman–Crippen MR) is 61.2 cm³/mol. The number of phenols is 1. The molecule has 4 nitrogen and oxygen atoms in total. The van der Waals surface area contributed by atoms with E-state index in [1.165, 1.54) is 19.1 Å². The average Bonchev–Trinajstić information content (AvgIpc) is 2.26. The minimum absolute atomic E-state index is 0.102. The largest absolute Gasteiger partial charge is 0.507 e. The van der Waals surface area contributed by atoms with Crippen LogP contribution in [0.15, 0.2) is 24.3 Å². The second-order valence-corrected chi connectivity index (χ2v) is 3.28.